The first-order valence-corrected chi connectivity index (χ1v) is 6.09. The molecule has 0 radical (unpaired) electrons. The van der Waals surface area contributed by atoms with E-state index in [0.717, 1.165) is 29.1 Å². The van der Waals surface area contributed by atoms with Crippen LogP contribution in [0, 0.1) is 0 Å². The first-order chi connectivity index (χ1) is 9.31. The van der Waals surface area contributed by atoms with Gasteiger partial charge in [0.1, 0.15) is 11.5 Å². The van der Waals surface area contributed by atoms with Gasteiger partial charge in [-0.15, -0.1) is 0 Å². The van der Waals surface area contributed by atoms with Crippen molar-refractivity contribution in [3.8, 4) is 11.4 Å². The number of aryl methyl sites for hydroxylation is 1. The van der Waals surface area contributed by atoms with Gasteiger partial charge in [-0.05, 0) is 18.6 Å². The summed E-state index contributed by atoms with van der Waals surface area (Å²) in [5.74, 6) is 6.25. The second-order valence-corrected chi connectivity index (χ2v) is 4.15. The van der Waals surface area contributed by atoms with Gasteiger partial charge in [-0.1, -0.05) is 13.0 Å². The lowest BCUT2D eigenvalue weighted by molar-refractivity contribution is 0.911. The number of hydrogen-bond donors (Lipinski definition) is 2. The molecule has 0 fully saturated rings. The molecular weight excluding hydrogens is 240 g/mol. The standard InChI is InChI=1S/C13H14N6/c1-2-9-7-13(17-14)19-12(16-9)8-11(18-19)10-5-3-4-6-15-10/h3-8,17H,2,14H2,1H3. The average Bonchev–Trinajstić information content (AvgIpc) is 2.91. The van der Waals surface area contributed by atoms with Crippen molar-refractivity contribution in [3.63, 3.8) is 0 Å². The molecule has 3 aromatic heterocycles. The number of rotatable bonds is 3. The Balaban J connectivity index is 2.20. The minimum atomic E-state index is 0.712. The van der Waals surface area contributed by atoms with Gasteiger partial charge in [-0.3, -0.25) is 4.98 Å². The van der Waals surface area contributed by atoms with E-state index in [1.807, 2.05) is 30.3 Å². The lowest BCUT2D eigenvalue weighted by Gasteiger charge is -2.05. The van der Waals surface area contributed by atoms with Crippen LogP contribution in [0.5, 0.6) is 0 Å². The van der Waals surface area contributed by atoms with Crippen LogP contribution >= 0.6 is 0 Å². The molecule has 19 heavy (non-hydrogen) atoms. The number of hydrazine groups is 1. The van der Waals surface area contributed by atoms with E-state index in [4.69, 9.17) is 5.84 Å². The fraction of sp³-hybridized carbons (Fsp3) is 0.154. The molecule has 6 heteroatoms. The van der Waals surface area contributed by atoms with Crippen molar-refractivity contribution in [1.82, 2.24) is 19.6 Å². The van der Waals surface area contributed by atoms with Crippen molar-refractivity contribution in [2.45, 2.75) is 13.3 Å². The Labute approximate surface area is 110 Å². The number of pyridine rings is 1. The van der Waals surface area contributed by atoms with Crippen LogP contribution in [0.1, 0.15) is 12.6 Å². The highest BCUT2D eigenvalue weighted by molar-refractivity contribution is 5.62. The summed E-state index contributed by atoms with van der Waals surface area (Å²) in [6.07, 6.45) is 2.58. The zero-order valence-corrected chi connectivity index (χ0v) is 10.5. The first-order valence-electron chi connectivity index (χ1n) is 6.09. The van der Waals surface area contributed by atoms with Gasteiger partial charge in [-0.2, -0.15) is 9.61 Å². The van der Waals surface area contributed by atoms with Crippen molar-refractivity contribution in [2.24, 2.45) is 5.84 Å². The molecule has 0 atom stereocenters. The number of anilines is 1. The Bertz CT molecular complexity index is 704. The third kappa shape index (κ3) is 2.02. The maximum absolute atomic E-state index is 5.53. The topological polar surface area (TPSA) is 81.1 Å². The number of nitrogens with zero attached hydrogens (tertiary/aromatic N) is 4. The van der Waals surface area contributed by atoms with Crippen LogP contribution in [0.25, 0.3) is 17.0 Å². The van der Waals surface area contributed by atoms with Crippen LogP contribution in [0.15, 0.2) is 36.5 Å². The molecule has 0 aliphatic rings. The van der Waals surface area contributed by atoms with Gasteiger partial charge in [0.25, 0.3) is 0 Å². The minimum Gasteiger partial charge on any atom is -0.308 e. The Morgan fingerprint density at radius 1 is 1.26 bits per heavy atom. The summed E-state index contributed by atoms with van der Waals surface area (Å²) in [4.78, 5) is 8.81. The fourth-order valence-electron chi connectivity index (χ4n) is 1.95. The van der Waals surface area contributed by atoms with E-state index in [-0.39, 0.29) is 0 Å². The molecule has 0 aromatic carbocycles. The van der Waals surface area contributed by atoms with Gasteiger partial charge in [0, 0.05) is 24.0 Å². The van der Waals surface area contributed by atoms with Crippen LogP contribution in [-0.2, 0) is 6.42 Å². The molecule has 0 amide bonds. The highest BCUT2D eigenvalue weighted by Gasteiger charge is 2.10. The third-order valence-corrected chi connectivity index (χ3v) is 2.92. The van der Waals surface area contributed by atoms with E-state index in [1.54, 1.807) is 10.7 Å². The minimum absolute atomic E-state index is 0.712. The van der Waals surface area contributed by atoms with Crippen LogP contribution in [0.2, 0.25) is 0 Å². The number of nitrogens with one attached hydrogen (secondary N) is 1. The van der Waals surface area contributed by atoms with Gasteiger partial charge >= 0.3 is 0 Å². The largest absolute Gasteiger partial charge is 0.308 e. The third-order valence-electron chi connectivity index (χ3n) is 2.92. The van der Waals surface area contributed by atoms with E-state index in [2.05, 4.69) is 27.4 Å². The van der Waals surface area contributed by atoms with Crippen LogP contribution in [0.4, 0.5) is 5.82 Å². The lowest BCUT2D eigenvalue weighted by Crippen LogP contribution is -2.12. The summed E-state index contributed by atoms with van der Waals surface area (Å²) in [6.45, 7) is 2.05. The molecule has 0 bridgehead atoms. The molecule has 3 rings (SSSR count). The van der Waals surface area contributed by atoms with Crippen molar-refractivity contribution in [2.75, 3.05) is 5.43 Å². The molecule has 0 aliphatic heterocycles. The number of nitrogen functional groups attached to an aromatic ring is 1. The summed E-state index contributed by atoms with van der Waals surface area (Å²) in [5, 5.41) is 4.48. The monoisotopic (exact) mass is 254 g/mol. The summed E-state index contributed by atoms with van der Waals surface area (Å²) in [6, 6.07) is 9.52. The highest BCUT2D eigenvalue weighted by atomic mass is 15.4. The zero-order valence-electron chi connectivity index (χ0n) is 10.5. The summed E-state index contributed by atoms with van der Waals surface area (Å²) >= 11 is 0. The van der Waals surface area contributed by atoms with Gasteiger partial charge in [-0.25, -0.2) is 10.8 Å². The Kier molecular flexibility index (Phi) is 2.85. The lowest BCUT2D eigenvalue weighted by atomic mass is 10.3. The van der Waals surface area contributed by atoms with E-state index >= 15 is 0 Å². The molecule has 0 unspecified atom stereocenters. The quantitative estimate of drug-likeness (QED) is 0.548. The SMILES string of the molecule is CCc1cc(NN)n2nc(-c3ccccn3)cc2n1. The second-order valence-electron chi connectivity index (χ2n) is 4.15. The molecule has 0 saturated heterocycles. The average molecular weight is 254 g/mol. The van der Waals surface area contributed by atoms with Gasteiger partial charge in [0.15, 0.2) is 5.65 Å². The smallest absolute Gasteiger partial charge is 0.158 e. The van der Waals surface area contributed by atoms with Crippen molar-refractivity contribution in [3.05, 3.63) is 42.2 Å². The fourth-order valence-corrected chi connectivity index (χ4v) is 1.95. The number of fused-ring (bicyclic) bond motifs is 1. The first kappa shape index (κ1) is 11.6. The van der Waals surface area contributed by atoms with Crippen molar-refractivity contribution >= 4 is 11.5 Å². The maximum Gasteiger partial charge on any atom is 0.158 e. The zero-order chi connectivity index (χ0) is 13.2. The molecule has 0 saturated carbocycles. The van der Waals surface area contributed by atoms with Crippen LogP contribution < -0.4 is 11.3 Å². The molecule has 6 nitrogen and oxygen atoms in total. The predicted octanol–water partition coefficient (Wildman–Crippen LogP) is 1.64. The Morgan fingerprint density at radius 2 is 2.16 bits per heavy atom. The van der Waals surface area contributed by atoms with Gasteiger partial charge in [0.2, 0.25) is 0 Å². The summed E-state index contributed by atoms with van der Waals surface area (Å²) < 4.78 is 1.68. The second kappa shape index (κ2) is 4.66. The molecule has 0 spiro atoms. The van der Waals surface area contributed by atoms with E-state index in [0.29, 0.717) is 5.82 Å². The number of nitrogens with two attached hydrogens (primary N) is 1. The van der Waals surface area contributed by atoms with E-state index in [9.17, 15) is 0 Å². The van der Waals surface area contributed by atoms with Crippen LogP contribution in [0.3, 0.4) is 0 Å². The van der Waals surface area contributed by atoms with Crippen molar-refractivity contribution < 1.29 is 0 Å². The molecule has 3 heterocycles. The van der Waals surface area contributed by atoms with Gasteiger partial charge < -0.3 is 5.43 Å². The van der Waals surface area contributed by atoms with Crippen LogP contribution in [-0.4, -0.2) is 19.6 Å². The molecule has 3 aromatic rings. The number of aromatic nitrogens is 4. The Hall–Kier alpha value is -2.47. The van der Waals surface area contributed by atoms with Crippen molar-refractivity contribution in [1.29, 1.82) is 0 Å². The maximum atomic E-state index is 5.53. The number of hydrogen-bond acceptors (Lipinski definition) is 5. The van der Waals surface area contributed by atoms with E-state index < -0.39 is 0 Å². The summed E-state index contributed by atoms with van der Waals surface area (Å²) in [7, 11) is 0. The highest BCUT2D eigenvalue weighted by Crippen LogP contribution is 2.19. The predicted molar refractivity (Wildman–Crippen MR) is 73.4 cm³/mol. The molecule has 0 aliphatic carbocycles. The Morgan fingerprint density at radius 3 is 2.84 bits per heavy atom. The summed E-state index contributed by atoms with van der Waals surface area (Å²) in [5.41, 5.74) is 5.96. The molecular formula is C13H14N6. The normalized spacial score (nSPS) is 10.8. The van der Waals surface area contributed by atoms with Gasteiger partial charge in [0.05, 0.1) is 5.69 Å². The molecule has 96 valence electrons. The van der Waals surface area contributed by atoms with E-state index in [1.165, 1.54) is 0 Å². The molecule has 3 N–H and O–H groups in total.